The summed E-state index contributed by atoms with van der Waals surface area (Å²) in [5.74, 6) is 0.393. The molecule has 17 heavy (non-hydrogen) atoms. The maximum atomic E-state index is 11.7. The van der Waals surface area contributed by atoms with Gasteiger partial charge >= 0.3 is 0 Å². The van der Waals surface area contributed by atoms with Crippen molar-refractivity contribution in [2.75, 3.05) is 0 Å². The molecule has 3 aromatic heterocycles. The van der Waals surface area contributed by atoms with Crippen molar-refractivity contribution in [1.29, 1.82) is 0 Å². The number of thiophene rings is 1. The Balaban J connectivity index is 2.58. The van der Waals surface area contributed by atoms with E-state index in [4.69, 9.17) is 11.6 Å². The van der Waals surface area contributed by atoms with Crippen molar-refractivity contribution < 1.29 is 5.11 Å². The van der Waals surface area contributed by atoms with Gasteiger partial charge in [-0.15, -0.1) is 11.3 Å². The monoisotopic (exact) mass is 269 g/mol. The number of aliphatic hydroxyl groups is 1. The fraction of sp³-hybridized carbons (Fsp3) is 0.200. The molecule has 1 unspecified atom stereocenters. The molecule has 0 saturated heterocycles. The average Bonchev–Trinajstić information content (AvgIpc) is 2.75. The lowest BCUT2D eigenvalue weighted by atomic mass is 10.4. The number of H-pyrrole nitrogens is 1. The molecular weight excluding hydrogens is 262 g/mol. The predicted octanol–water partition coefficient (Wildman–Crippen LogP) is 1.94. The lowest BCUT2D eigenvalue weighted by molar-refractivity contribution is 0.186. The van der Waals surface area contributed by atoms with Crippen LogP contribution in [-0.2, 0) is 0 Å². The number of hydrogen-bond acceptors (Lipinski definition) is 4. The molecule has 0 radical (unpaired) electrons. The molecule has 0 bridgehead atoms. The molecule has 7 heteroatoms. The summed E-state index contributed by atoms with van der Waals surface area (Å²) in [4.78, 5) is 11.7. The van der Waals surface area contributed by atoms with Crippen LogP contribution in [0, 0.1) is 0 Å². The number of aliphatic hydroxyl groups excluding tert-OH is 1. The normalized spacial score (nSPS) is 13.6. The van der Waals surface area contributed by atoms with Gasteiger partial charge in [0.1, 0.15) is 11.6 Å². The molecule has 88 valence electrons. The van der Waals surface area contributed by atoms with Crippen LogP contribution >= 0.6 is 22.9 Å². The quantitative estimate of drug-likeness (QED) is 0.709. The Bertz CT molecular complexity index is 771. The number of hydrogen-bond donors (Lipinski definition) is 2. The largest absolute Gasteiger partial charge is 0.385 e. The highest BCUT2D eigenvalue weighted by Crippen LogP contribution is 2.32. The summed E-state index contributed by atoms with van der Waals surface area (Å²) in [5, 5.41) is 15.9. The van der Waals surface area contributed by atoms with Gasteiger partial charge in [-0.25, -0.2) is 5.10 Å². The predicted molar refractivity (Wildman–Crippen MR) is 66.8 cm³/mol. The van der Waals surface area contributed by atoms with Crippen molar-refractivity contribution in [3.8, 4) is 0 Å². The summed E-state index contributed by atoms with van der Waals surface area (Å²) in [6, 6.07) is 3.51. The third-order valence-corrected chi connectivity index (χ3v) is 3.77. The van der Waals surface area contributed by atoms with Gasteiger partial charge in [0.2, 0.25) is 0 Å². The number of rotatable bonds is 1. The first-order valence-electron chi connectivity index (χ1n) is 4.95. The van der Waals surface area contributed by atoms with Crippen LogP contribution < -0.4 is 5.56 Å². The molecule has 0 aliphatic rings. The van der Waals surface area contributed by atoms with Crippen LogP contribution in [-0.4, -0.2) is 19.7 Å². The summed E-state index contributed by atoms with van der Waals surface area (Å²) < 4.78 is 3.18. The highest BCUT2D eigenvalue weighted by atomic mass is 35.5. The molecule has 0 spiro atoms. The highest BCUT2D eigenvalue weighted by Gasteiger charge is 2.16. The van der Waals surface area contributed by atoms with Crippen molar-refractivity contribution in [2.24, 2.45) is 0 Å². The van der Waals surface area contributed by atoms with Crippen molar-refractivity contribution >= 4 is 38.7 Å². The molecule has 0 aliphatic heterocycles. The topological polar surface area (TPSA) is 70.4 Å². The summed E-state index contributed by atoms with van der Waals surface area (Å²) in [6.07, 6.45) is -0.774. The van der Waals surface area contributed by atoms with Crippen LogP contribution in [0.5, 0.6) is 0 Å². The first kappa shape index (κ1) is 10.8. The molecule has 3 heterocycles. The maximum absolute atomic E-state index is 11.7. The zero-order chi connectivity index (χ0) is 12.2. The zero-order valence-electron chi connectivity index (χ0n) is 8.77. The van der Waals surface area contributed by atoms with Gasteiger partial charge in [-0.3, -0.25) is 9.20 Å². The second-order valence-corrected chi connectivity index (χ2v) is 5.47. The molecule has 0 amide bonds. The summed E-state index contributed by atoms with van der Waals surface area (Å²) in [7, 11) is 0. The molecule has 1 atom stereocenters. The van der Waals surface area contributed by atoms with Gasteiger partial charge < -0.3 is 5.11 Å². The van der Waals surface area contributed by atoms with Crippen molar-refractivity contribution in [3.63, 3.8) is 0 Å². The van der Waals surface area contributed by atoms with Crippen LogP contribution in [0.3, 0.4) is 0 Å². The fourth-order valence-corrected chi connectivity index (χ4v) is 3.03. The Kier molecular flexibility index (Phi) is 2.25. The molecule has 0 saturated carbocycles. The third-order valence-electron chi connectivity index (χ3n) is 2.57. The molecule has 3 rings (SSSR count). The van der Waals surface area contributed by atoms with E-state index in [1.807, 2.05) is 0 Å². The summed E-state index contributed by atoms with van der Waals surface area (Å²) in [6.45, 7) is 1.60. The van der Waals surface area contributed by atoms with E-state index in [1.165, 1.54) is 11.3 Å². The van der Waals surface area contributed by atoms with Crippen LogP contribution in [0.15, 0.2) is 16.9 Å². The van der Waals surface area contributed by atoms with Gasteiger partial charge in [0.05, 0.1) is 14.6 Å². The Hall–Kier alpha value is -1.37. The Morgan fingerprint density at radius 2 is 2.29 bits per heavy atom. The number of aromatic amines is 1. The van der Waals surface area contributed by atoms with E-state index in [1.54, 1.807) is 23.5 Å². The van der Waals surface area contributed by atoms with Crippen molar-refractivity contribution in [3.05, 3.63) is 32.6 Å². The second-order valence-electron chi connectivity index (χ2n) is 3.75. The van der Waals surface area contributed by atoms with Crippen molar-refractivity contribution in [2.45, 2.75) is 13.0 Å². The first-order valence-corrected chi connectivity index (χ1v) is 6.14. The molecule has 0 aliphatic carbocycles. The summed E-state index contributed by atoms with van der Waals surface area (Å²) >= 11 is 7.32. The van der Waals surface area contributed by atoms with E-state index in [-0.39, 0.29) is 5.56 Å². The van der Waals surface area contributed by atoms with Crippen LogP contribution in [0.25, 0.3) is 15.7 Å². The molecule has 0 aromatic carbocycles. The van der Waals surface area contributed by atoms with Crippen LogP contribution in [0.4, 0.5) is 0 Å². The zero-order valence-corrected chi connectivity index (χ0v) is 10.3. The van der Waals surface area contributed by atoms with E-state index in [9.17, 15) is 9.90 Å². The molecule has 3 aromatic rings. The van der Waals surface area contributed by atoms with Crippen LogP contribution in [0.2, 0.25) is 4.34 Å². The number of fused-ring (bicyclic) bond motifs is 3. The van der Waals surface area contributed by atoms with E-state index >= 15 is 0 Å². The van der Waals surface area contributed by atoms with E-state index in [2.05, 4.69) is 10.2 Å². The maximum Gasteiger partial charge on any atom is 0.288 e. The molecular formula is C10H8ClN3O2S. The van der Waals surface area contributed by atoms with Gasteiger partial charge in [-0.2, -0.15) is 5.10 Å². The Morgan fingerprint density at radius 3 is 3.00 bits per heavy atom. The smallest absolute Gasteiger partial charge is 0.288 e. The van der Waals surface area contributed by atoms with E-state index < -0.39 is 6.10 Å². The highest BCUT2D eigenvalue weighted by molar-refractivity contribution is 7.22. The standard InChI is InChI=1S/C10H8ClN3O2S/c1-4(15)9-12-13-10(16)6-2-7-5(14(6)9)3-8(11)17-7/h2-4,15H,1H3,(H,13,16). The van der Waals surface area contributed by atoms with E-state index in [0.717, 1.165) is 10.2 Å². The minimum absolute atomic E-state index is 0.283. The molecule has 5 nitrogen and oxygen atoms in total. The number of nitrogens with zero attached hydrogens (tertiary/aromatic N) is 2. The van der Waals surface area contributed by atoms with Gasteiger partial charge in [-0.1, -0.05) is 11.6 Å². The van der Waals surface area contributed by atoms with Gasteiger partial charge in [-0.05, 0) is 19.1 Å². The summed E-state index contributed by atoms with van der Waals surface area (Å²) in [5.41, 5.74) is 0.979. The van der Waals surface area contributed by atoms with Gasteiger partial charge in [0, 0.05) is 0 Å². The molecule has 2 N–H and O–H groups in total. The Labute approximate surface area is 104 Å². The Morgan fingerprint density at radius 1 is 1.53 bits per heavy atom. The minimum atomic E-state index is -0.774. The van der Waals surface area contributed by atoms with E-state index in [0.29, 0.717) is 15.7 Å². The fourth-order valence-electron chi connectivity index (χ4n) is 1.87. The SMILES string of the molecule is CC(O)c1n[nH]c(=O)c2cc3sc(Cl)cc3n12. The lowest BCUT2D eigenvalue weighted by Gasteiger charge is -2.06. The number of aromatic nitrogens is 3. The van der Waals surface area contributed by atoms with Crippen LogP contribution in [0.1, 0.15) is 18.9 Å². The molecule has 0 fully saturated rings. The minimum Gasteiger partial charge on any atom is -0.385 e. The third kappa shape index (κ3) is 1.49. The number of halogens is 1. The average molecular weight is 270 g/mol. The first-order chi connectivity index (χ1) is 8.08. The van der Waals surface area contributed by atoms with Crippen molar-refractivity contribution in [1.82, 2.24) is 14.6 Å². The van der Waals surface area contributed by atoms with Gasteiger partial charge in [0.15, 0.2) is 5.82 Å². The number of nitrogens with one attached hydrogen (secondary N) is 1. The lowest BCUT2D eigenvalue weighted by Crippen LogP contribution is -2.16. The van der Waals surface area contributed by atoms with Gasteiger partial charge in [0.25, 0.3) is 5.56 Å². The second kappa shape index (κ2) is 3.56.